The molecular formula is C9H12N4S2. The largest absolute Gasteiger partial charge is 0.262 e. The minimum Gasteiger partial charge on any atom is -0.262 e. The van der Waals surface area contributed by atoms with Crippen LogP contribution in [-0.4, -0.2) is 26.3 Å². The second kappa shape index (κ2) is 5.77. The third kappa shape index (κ3) is 3.56. The van der Waals surface area contributed by atoms with E-state index in [0.717, 1.165) is 17.1 Å². The minimum absolute atomic E-state index is 0.635. The highest BCUT2D eigenvalue weighted by Crippen LogP contribution is 2.01. The van der Waals surface area contributed by atoms with E-state index in [0.29, 0.717) is 4.32 Å². The highest BCUT2D eigenvalue weighted by atomic mass is 32.2. The van der Waals surface area contributed by atoms with Crippen LogP contribution in [0.15, 0.2) is 17.5 Å². The molecule has 1 heterocycles. The summed E-state index contributed by atoms with van der Waals surface area (Å²) in [6.07, 6.45) is 5.20. The molecule has 0 atom stereocenters. The Labute approximate surface area is 98.6 Å². The first-order valence-corrected chi connectivity index (χ1v) is 5.94. The van der Waals surface area contributed by atoms with Crippen molar-refractivity contribution in [1.29, 1.82) is 0 Å². The lowest BCUT2D eigenvalue weighted by Gasteiger charge is -2.03. The van der Waals surface area contributed by atoms with Crippen LogP contribution < -0.4 is 5.43 Å². The fourth-order valence-corrected chi connectivity index (χ4v) is 1.17. The van der Waals surface area contributed by atoms with Gasteiger partial charge >= 0.3 is 0 Å². The van der Waals surface area contributed by atoms with E-state index in [1.165, 1.54) is 11.8 Å². The Balaban J connectivity index is 2.80. The third-order valence-corrected chi connectivity index (χ3v) is 2.78. The molecule has 0 radical (unpaired) electrons. The number of aryl methyl sites for hydroxylation is 1. The average molecular weight is 240 g/mol. The average Bonchev–Trinajstić information content (AvgIpc) is 2.26. The van der Waals surface area contributed by atoms with Gasteiger partial charge in [-0.3, -0.25) is 15.4 Å². The van der Waals surface area contributed by atoms with Crippen molar-refractivity contribution in [2.24, 2.45) is 5.10 Å². The molecular weight excluding hydrogens is 228 g/mol. The van der Waals surface area contributed by atoms with Gasteiger partial charge in [-0.15, -0.1) is 0 Å². The summed E-state index contributed by atoms with van der Waals surface area (Å²) in [6, 6.07) is 0. The maximum atomic E-state index is 4.97. The van der Waals surface area contributed by atoms with E-state index < -0.39 is 0 Å². The molecule has 0 aromatic carbocycles. The molecule has 0 aliphatic rings. The van der Waals surface area contributed by atoms with Crippen molar-refractivity contribution in [3.63, 3.8) is 0 Å². The molecule has 80 valence electrons. The van der Waals surface area contributed by atoms with Crippen LogP contribution in [0.5, 0.6) is 0 Å². The summed E-state index contributed by atoms with van der Waals surface area (Å²) in [5, 5.41) is 4.13. The van der Waals surface area contributed by atoms with Crippen LogP contribution in [0.2, 0.25) is 0 Å². The van der Waals surface area contributed by atoms with Gasteiger partial charge in [-0.25, -0.2) is 0 Å². The third-order valence-electron chi connectivity index (χ3n) is 1.72. The Kier molecular flexibility index (Phi) is 4.64. The van der Waals surface area contributed by atoms with Crippen molar-refractivity contribution >= 4 is 34.0 Å². The van der Waals surface area contributed by atoms with Crippen LogP contribution >= 0.6 is 24.0 Å². The van der Waals surface area contributed by atoms with Gasteiger partial charge in [0.2, 0.25) is 0 Å². The fourth-order valence-electron chi connectivity index (χ4n) is 0.991. The molecule has 0 saturated heterocycles. The number of rotatable bonds is 2. The monoisotopic (exact) mass is 240 g/mol. The van der Waals surface area contributed by atoms with Gasteiger partial charge in [-0.05, 0) is 20.1 Å². The Hall–Kier alpha value is -1.01. The first kappa shape index (κ1) is 12.1. The summed E-state index contributed by atoms with van der Waals surface area (Å²) in [5.41, 5.74) is 5.19. The van der Waals surface area contributed by atoms with Gasteiger partial charge in [-0.2, -0.15) is 5.10 Å². The number of nitrogens with one attached hydrogen (secondary N) is 1. The highest BCUT2D eigenvalue weighted by molar-refractivity contribution is 8.22. The second-order valence-corrected chi connectivity index (χ2v) is 4.27. The molecule has 0 amide bonds. The molecule has 0 saturated carbocycles. The summed E-state index contributed by atoms with van der Waals surface area (Å²) < 4.78 is 0.635. The number of thiocarbonyl (C=S) groups is 1. The maximum absolute atomic E-state index is 4.97. The molecule has 0 fully saturated rings. The van der Waals surface area contributed by atoms with Gasteiger partial charge in [0.1, 0.15) is 5.69 Å². The zero-order valence-corrected chi connectivity index (χ0v) is 10.4. The quantitative estimate of drug-likeness (QED) is 0.485. The number of hydrazone groups is 1. The van der Waals surface area contributed by atoms with Crippen molar-refractivity contribution in [2.45, 2.75) is 13.8 Å². The Morgan fingerprint density at radius 1 is 1.47 bits per heavy atom. The maximum Gasteiger partial charge on any atom is 0.153 e. The smallest absolute Gasteiger partial charge is 0.153 e. The van der Waals surface area contributed by atoms with Crippen LogP contribution in [0.3, 0.4) is 0 Å². The zero-order chi connectivity index (χ0) is 11.3. The predicted molar refractivity (Wildman–Crippen MR) is 68.2 cm³/mol. The Morgan fingerprint density at radius 3 is 2.73 bits per heavy atom. The predicted octanol–water partition coefficient (Wildman–Crippen LogP) is 1.75. The van der Waals surface area contributed by atoms with E-state index in [4.69, 9.17) is 12.2 Å². The fraction of sp³-hybridized carbons (Fsp3) is 0.333. The van der Waals surface area contributed by atoms with Crippen molar-refractivity contribution in [2.75, 3.05) is 6.26 Å². The standard InChI is InChI=1S/C9H12N4S2/c1-6-8(11-5-4-10-6)7(2)12-13-9(14)15-3/h4-5H,1-3H3,(H,13,14)/b12-7+. The Bertz CT molecular complexity index is 389. The van der Waals surface area contributed by atoms with E-state index >= 15 is 0 Å². The molecule has 1 aromatic heterocycles. The van der Waals surface area contributed by atoms with E-state index in [1.807, 2.05) is 20.1 Å². The molecule has 1 N–H and O–H groups in total. The van der Waals surface area contributed by atoms with Crippen LogP contribution in [0, 0.1) is 6.92 Å². The lowest BCUT2D eigenvalue weighted by atomic mass is 10.2. The molecule has 0 aliphatic heterocycles. The molecule has 6 heteroatoms. The van der Waals surface area contributed by atoms with E-state index in [9.17, 15) is 0 Å². The number of nitrogens with zero attached hydrogens (tertiary/aromatic N) is 3. The van der Waals surface area contributed by atoms with E-state index in [-0.39, 0.29) is 0 Å². The van der Waals surface area contributed by atoms with Gasteiger partial charge in [-0.1, -0.05) is 24.0 Å². The van der Waals surface area contributed by atoms with Gasteiger partial charge in [0, 0.05) is 12.4 Å². The molecule has 4 nitrogen and oxygen atoms in total. The normalized spacial score (nSPS) is 11.3. The molecule has 1 aromatic rings. The topological polar surface area (TPSA) is 50.2 Å². The summed E-state index contributed by atoms with van der Waals surface area (Å²) in [7, 11) is 0. The van der Waals surface area contributed by atoms with Crippen molar-refractivity contribution in [3.8, 4) is 0 Å². The van der Waals surface area contributed by atoms with Gasteiger partial charge < -0.3 is 0 Å². The SMILES string of the molecule is CSC(=S)N/N=C(\C)c1nccnc1C. The van der Waals surface area contributed by atoms with E-state index in [1.54, 1.807) is 12.4 Å². The van der Waals surface area contributed by atoms with Crippen LogP contribution in [-0.2, 0) is 0 Å². The van der Waals surface area contributed by atoms with E-state index in [2.05, 4.69) is 20.5 Å². The molecule has 0 bridgehead atoms. The molecule has 1 rings (SSSR count). The van der Waals surface area contributed by atoms with Crippen molar-refractivity contribution in [1.82, 2.24) is 15.4 Å². The van der Waals surface area contributed by atoms with Gasteiger partial charge in [0.25, 0.3) is 0 Å². The van der Waals surface area contributed by atoms with Crippen molar-refractivity contribution in [3.05, 3.63) is 23.8 Å². The number of thioether (sulfide) groups is 1. The summed E-state index contributed by atoms with van der Waals surface area (Å²) >= 11 is 6.41. The zero-order valence-electron chi connectivity index (χ0n) is 8.81. The molecule has 0 spiro atoms. The first-order valence-electron chi connectivity index (χ1n) is 4.31. The lowest BCUT2D eigenvalue weighted by molar-refractivity contribution is 1.03. The number of aromatic nitrogens is 2. The van der Waals surface area contributed by atoms with Crippen LogP contribution in [0.25, 0.3) is 0 Å². The Morgan fingerprint density at radius 2 is 2.13 bits per heavy atom. The lowest BCUT2D eigenvalue weighted by Crippen LogP contribution is -2.14. The summed E-state index contributed by atoms with van der Waals surface area (Å²) in [4.78, 5) is 8.34. The number of hydrogen-bond donors (Lipinski definition) is 1. The molecule has 0 unspecified atom stereocenters. The number of hydrogen-bond acceptors (Lipinski definition) is 5. The summed E-state index contributed by atoms with van der Waals surface area (Å²) in [6.45, 7) is 3.77. The van der Waals surface area contributed by atoms with Crippen LogP contribution in [0.1, 0.15) is 18.3 Å². The van der Waals surface area contributed by atoms with Crippen molar-refractivity contribution < 1.29 is 0 Å². The second-order valence-electron chi connectivity index (χ2n) is 2.79. The first-order chi connectivity index (χ1) is 7.15. The van der Waals surface area contributed by atoms with Gasteiger partial charge in [0.15, 0.2) is 4.32 Å². The highest BCUT2D eigenvalue weighted by Gasteiger charge is 2.03. The molecule has 15 heavy (non-hydrogen) atoms. The minimum atomic E-state index is 0.635. The molecule has 0 aliphatic carbocycles. The van der Waals surface area contributed by atoms with Crippen LogP contribution in [0.4, 0.5) is 0 Å². The summed E-state index contributed by atoms with van der Waals surface area (Å²) in [5.74, 6) is 0. The van der Waals surface area contributed by atoms with Gasteiger partial charge in [0.05, 0.1) is 11.4 Å².